The third-order valence-corrected chi connectivity index (χ3v) is 1.97. The highest BCUT2D eigenvalue weighted by atomic mass is 16.5. The Morgan fingerprint density at radius 3 is 2.64 bits per heavy atom. The van der Waals surface area contributed by atoms with Gasteiger partial charge in [-0.1, -0.05) is 6.07 Å². The van der Waals surface area contributed by atoms with Gasteiger partial charge in [-0.15, -0.1) is 0 Å². The largest absolute Gasteiger partial charge is 0.398 e. The number of aryl methyl sites for hydroxylation is 1. The van der Waals surface area contributed by atoms with E-state index in [1.165, 1.54) is 0 Å². The molecule has 0 unspecified atom stereocenters. The summed E-state index contributed by atoms with van der Waals surface area (Å²) in [6, 6.07) is 5.53. The number of hydrogen-bond acceptors (Lipinski definition) is 5. The van der Waals surface area contributed by atoms with Crippen molar-refractivity contribution in [3.63, 3.8) is 0 Å². The SMILES string of the molecule is Cc1ccc(-c2nc(N)no2)cc1N. The maximum Gasteiger partial charge on any atom is 0.261 e. The van der Waals surface area contributed by atoms with E-state index in [2.05, 4.69) is 10.1 Å². The summed E-state index contributed by atoms with van der Waals surface area (Å²) in [4.78, 5) is 3.90. The molecular weight excluding hydrogens is 180 g/mol. The molecule has 72 valence electrons. The molecule has 0 amide bonds. The van der Waals surface area contributed by atoms with Crippen LogP contribution in [0.2, 0.25) is 0 Å². The summed E-state index contributed by atoms with van der Waals surface area (Å²) in [5.41, 5.74) is 13.6. The van der Waals surface area contributed by atoms with E-state index in [1.807, 2.05) is 19.1 Å². The number of nitrogens with two attached hydrogens (primary N) is 2. The van der Waals surface area contributed by atoms with Gasteiger partial charge >= 0.3 is 0 Å². The zero-order valence-corrected chi connectivity index (χ0v) is 7.69. The first kappa shape index (κ1) is 8.55. The van der Waals surface area contributed by atoms with Gasteiger partial charge in [-0.05, 0) is 29.8 Å². The lowest BCUT2D eigenvalue weighted by molar-refractivity contribution is 0.433. The minimum Gasteiger partial charge on any atom is -0.398 e. The Hall–Kier alpha value is -2.04. The highest BCUT2D eigenvalue weighted by Crippen LogP contribution is 2.22. The Labute approximate surface area is 80.7 Å². The fraction of sp³-hybridized carbons (Fsp3) is 0.111. The van der Waals surface area contributed by atoms with Crippen molar-refractivity contribution >= 4 is 11.6 Å². The molecule has 0 bridgehead atoms. The molecule has 0 aliphatic rings. The van der Waals surface area contributed by atoms with Gasteiger partial charge in [0.1, 0.15) is 0 Å². The quantitative estimate of drug-likeness (QED) is 0.659. The number of nitrogen functional groups attached to an aromatic ring is 2. The number of anilines is 2. The molecule has 0 spiro atoms. The van der Waals surface area contributed by atoms with Crippen LogP contribution in [-0.2, 0) is 0 Å². The zero-order valence-electron chi connectivity index (χ0n) is 7.69. The monoisotopic (exact) mass is 190 g/mol. The topological polar surface area (TPSA) is 91.0 Å². The molecule has 1 heterocycles. The number of rotatable bonds is 1. The summed E-state index contributed by atoms with van der Waals surface area (Å²) in [5, 5.41) is 3.50. The average Bonchev–Trinajstić information content (AvgIpc) is 2.57. The summed E-state index contributed by atoms with van der Waals surface area (Å²) in [7, 11) is 0. The Balaban J connectivity index is 2.47. The molecule has 2 aromatic rings. The molecule has 2 rings (SSSR count). The molecule has 0 radical (unpaired) electrons. The van der Waals surface area contributed by atoms with Crippen LogP contribution in [0.15, 0.2) is 22.7 Å². The lowest BCUT2D eigenvalue weighted by Gasteiger charge is -2.00. The lowest BCUT2D eigenvalue weighted by Crippen LogP contribution is -1.90. The van der Waals surface area contributed by atoms with Crippen molar-refractivity contribution in [3.8, 4) is 11.5 Å². The van der Waals surface area contributed by atoms with Crippen LogP contribution in [0.25, 0.3) is 11.5 Å². The summed E-state index contributed by atoms with van der Waals surface area (Å²) in [6.45, 7) is 1.93. The van der Waals surface area contributed by atoms with E-state index >= 15 is 0 Å². The maximum atomic E-state index is 5.74. The van der Waals surface area contributed by atoms with Crippen molar-refractivity contribution in [3.05, 3.63) is 23.8 Å². The first-order valence-corrected chi connectivity index (χ1v) is 4.12. The standard InChI is InChI=1S/C9H10N4O/c1-5-2-3-6(4-7(5)10)8-12-9(11)13-14-8/h2-4H,10H2,1H3,(H2,11,13). The Kier molecular flexibility index (Phi) is 1.85. The Morgan fingerprint density at radius 2 is 2.07 bits per heavy atom. The van der Waals surface area contributed by atoms with Gasteiger partial charge in [-0.25, -0.2) is 0 Å². The van der Waals surface area contributed by atoms with Crippen LogP contribution >= 0.6 is 0 Å². The van der Waals surface area contributed by atoms with Gasteiger partial charge in [-0.2, -0.15) is 4.98 Å². The van der Waals surface area contributed by atoms with E-state index in [9.17, 15) is 0 Å². The van der Waals surface area contributed by atoms with Gasteiger partial charge in [0.15, 0.2) is 0 Å². The molecule has 14 heavy (non-hydrogen) atoms. The highest BCUT2D eigenvalue weighted by molar-refractivity contribution is 5.62. The van der Waals surface area contributed by atoms with Crippen molar-refractivity contribution in [2.75, 3.05) is 11.5 Å². The molecule has 0 saturated carbocycles. The zero-order chi connectivity index (χ0) is 10.1. The van der Waals surface area contributed by atoms with Crippen molar-refractivity contribution in [2.45, 2.75) is 6.92 Å². The van der Waals surface area contributed by atoms with Gasteiger partial charge < -0.3 is 16.0 Å². The average molecular weight is 190 g/mol. The van der Waals surface area contributed by atoms with Crippen LogP contribution in [0, 0.1) is 6.92 Å². The van der Waals surface area contributed by atoms with Crippen LogP contribution in [0.3, 0.4) is 0 Å². The van der Waals surface area contributed by atoms with E-state index in [0.717, 1.165) is 11.1 Å². The molecule has 1 aromatic heterocycles. The molecule has 0 saturated heterocycles. The number of aromatic nitrogens is 2. The van der Waals surface area contributed by atoms with Crippen molar-refractivity contribution in [1.82, 2.24) is 10.1 Å². The third kappa shape index (κ3) is 1.39. The van der Waals surface area contributed by atoms with Crippen LogP contribution in [0.4, 0.5) is 11.6 Å². The molecule has 1 aromatic carbocycles. The maximum absolute atomic E-state index is 5.74. The third-order valence-electron chi connectivity index (χ3n) is 1.97. The first-order valence-electron chi connectivity index (χ1n) is 4.12. The van der Waals surface area contributed by atoms with E-state index in [1.54, 1.807) is 6.07 Å². The predicted octanol–water partition coefficient (Wildman–Crippen LogP) is 1.21. The normalized spacial score (nSPS) is 10.4. The number of benzene rings is 1. The lowest BCUT2D eigenvalue weighted by atomic mass is 10.1. The molecule has 5 nitrogen and oxygen atoms in total. The van der Waals surface area contributed by atoms with Crippen molar-refractivity contribution in [1.29, 1.82) is 0 Å². The van der Waals surface area contributed by atoms with Gasteiger partial charge in [0, 0.05) is 11.3 Å². The summed E-state index contributed by atoms with van der Waals surface area (Å²) >= 11 is 0. The number of hydrogen-bond donors (Lipinski definition) is 2. The van der Waals surface area contributed by atoms with E-state index in [-0.39, 0.29) is 5.95 Å². The number of nitrogens with zero attached hydrogens (tertiary/aromatic N) is 2. The van der Waals surface area contributed by atoms with E-state index < -0.39 is 0 Å². The van der Waals surface area contributed by atoms with Crippen molar-refractivity contribution < 1.29 is 4.52 Å². The minimum absolute atomic E-state index is 0.124. The first-order chi connectivity index (χ1) is 6.66. The fourth-order valence-corrected chi connectivity index (χ4v) is 1.13. The smallest absolute Gasteiger partial charge is 0.261 e. The van der Waals surface area contributed by atoms with E-state index in [0.29, 0.717) is 11.6 Å². The minimum atomic E-state index is 0.124. The van der Waals surface area contributed by atoms with Crippen molar-refractivity contribution in [2.24, 2.45) is 0 Å². The molecule has 0 aliphatic carbocycles. The molecule has 5 heteroatoms. The van der Waals surface area contributed by atoms with Gasteiger partial charge in [0.2, 0.25) is 0 Å². The second kappa shape index (κ2) is 3.02. The summed E-state index contributed by atoms with van der Waals surface area (Å²) < 4.78 is 4.90. The van der Waals surface area contributed by atoms with Crippen LogP contribution < -0.4 is 11.5 Å². The second-order valence-electron chi connectivity index (χ2n) is 3.03. The molecule has 0 atom stereocenters. The Morgan fingerprint density at radius 1 is 1.29 bits per heavy atom. The molecular formula is C9H10N4O. The fourth-order valence-electron chi connectivity index (χ4n) is 1.13. The van der Waals surface area contributed by atoms with E-state index in [4.69, 9.17) is 16.0 Å². The van der Waals surface area contributed by atoms with Gasteiger partial charge in [0.05, 0.1) is 0 Å². The molecule has 0 aliphatic heterocycles. The van der Waals surface area contributed by atoms with Crippen LogP contribution in [0.5, 0.6) is 0 Å². The van der Waals surface area contributed by atoms with Crippen LogP contribution in [0.1, 0.15) is 5.56 Å². The predicted molar refractivity (Wildman–Crippen MR) is 53.3 cm³/mol. The summed E-state index contributed by atoms with van der Waals surface area (Å²) in [6.07, 6.45) is 0. The molecule has 0 fully saturated rings. The highest BCUT2D eigenvalue weighted by Gasteiger charge is 2.07. The van der Waals surface area contributed by atoms with Gasteiger partial charge in [-0.3, -0.25) is 0 Å². The van der Waals surface area contributed by atoms with Crippen LogP contribution in [-0.4, -0.2) is 10.1 Å². The van der Waals surface area contributed by atoms with Gasteiger partial charge in [0.25, 0.3) is 11.8 Å². The Bertz CT molecular complexity index is 464. The molecule has 4 N–H and O–H groups in total. The second-order valence-corrected chi connectivity index (χ2v) is 3.03. The summed E-state index contributed by atoms with van der Waals surface area (Å²) in [5.74, 6) is 0.508.